The van der Waals surface area contributed by atoms with Crippen molar-refractivity contribution in [1.82, 2.24) is 10.3 Å². The Morgan fingerprint density at radius 2 is 2.50 bits per heavy atom. The van der Waals surface area contributed by atoms with Gasteiger partial charge in [-0.2, -0.15) is 0 Å². The molecule has 1 heterocycles. The smallest absolute Gasteiger partial charge is 0.252 e. The van der Waals surface area contributed by atoms with Crippen LogP contribution in [-0.2, 0) is 0 Å². The van der Waals surface area contributed by atoms with Crippen LogP contribution >= 0.6 is 27.5 Å². The molecule has 0 radical (unpaired) electrons. The average molecular weight is 278 g/mol. The van der Waals surface area contributed by atoms with Gasteiger partial charge in [0, 0.05) is 28.8 Å². The Balaban J connectivity index is 2.75. The van der Waals surface area contributed by atoms with Gasteiger partial charge < -0.3 is 5.32 Å². The summed E-state index contributed by atoms with van der Waals surface area (Å²) in [5.74, 6) is 0.251. The summed E-state index contributed by atoms with van der Waals surface area (Å²) in [6.45, 7) is 1.85. The second kappa shape index (κ2) is 5.32. The maximum atomic E-state index is 11.6. The number of alkyl halides is 1. The molecule has 76 valence electrons. The molecule has 0 aliphatic heterocycles. The zero-order valence-corrected chi connectivity index (χ0v) is 9.97. The number of rotatable bonds is 3. The van der Waals surface area contributed by atoms with Crippen LogP contribution < -0.4 is 5.32 Å². The molecular formula is C9H10BrClN2O. The SMILES string of the molecule is CC(CCl)NC(=O)c1ccncc1Br. The maximum Gasteiger partial charge on any atom is 0.252 e. The van der Waals surface area contributed by atoms with Crippen molar-refractivity contribution in [3.05, 3.63) is 28.5 Å². The van der Waals surface area contributed by atoms with Gasteiger partial charge in [0.15, 0.2) is 0 Å². The fourth-order valence-corrected chi connectivity index (χ4v) is 1.41. The normalized spacial score (nSPS) is 12.2. The number of carbonyl (C=O) groups is 1. The second-order valence-corrected chi connectivity index (χ2v) is 4.05. The summed E-state index contributed by atoms with van der Waals surface area (Å²) in [6.07, 6.45) is 3.16. The van der Waals surface area contributed by atoms with Crippen molar-refractivity contribution in [3.8, 4) is 0 Å². The predicted octanol–water partition coefficient (Wildman–Crippen LogP) is 2.20. The molecule has 0 aliphatic carbocycles. The van der Waals surface area contributed by atoms with Crippen LogP contribution in [0.15, 0.2) is 22.9 Å². The van der Waals surface area contributed by atoms with Gasteiger partial charge in [0.25, 0.3) is 5.91 Å². The minimum Gasteiger partial charge on any atom is -0.348 e. The van der Waals surface area contributed by atoms with E-state index in [1.54, 1.807) is 18.5 Å². The molecule has 1 N–H and O–H groups in total. The number of amides is 1. The minimum absolute atomic E-state index is 0.0377. The minimum atomic E-state index is -0.146. The van der Waals surface area contributed by atoms with Gasteiger partial charge in [-0.25, -0.2) is 0 Å². The molecule has 1 amide bonds. The van der Waals surface area contributed by atoms with Crippen molar-refractivity contribution < 1.29 is 4.79 Å². The fraction of sp³-hybridized carbons (Fsp3) is 0.333. The van der Waals surface area contributed by atoms with Gasteiger partial charge in [-0.15, -0.1) is 11.6 Å². The molecule has 14 heavy (non-hydrogen) atoms. The van der Waals surface area contributed by atoms with Crippen LogP contribution in [0.1, 0.15) is 17.3 Å². The molecule has 1 aromatic rings. The van der Waals surface area contributed by atoms with E-state index >= 15 is 0 Å². The molecule has 0 spiro atoms. The largest absolute Gasteiger partial charge is 0.348 e. The lowest BCUT2D eigenvalue weighted by Crippen LogP contribution is -2.33. The average Bonchev–Trinajstić information content (AvgIpc) is 2.18. The van der Waals surface area contributed by atoms with Crippen LogP contribution in [0.25, 0.3) is 0 Å². The Morgan fingerprint density at radius 1 is 1.79 bits per heavy atom. The van der Waals surface area contributed by atoms with Crippen LogP contribution in [0.2, 0.25) is 0 Å². The van der Waals surface area contributed by atoms with Crippen LogP contribution in [0.5, 0.6) is 0 Å². The summed E-state index contributed by atoms with van der Waals surface area (Å²) in [6, 6.07) is 1.62. The number of nitrogens with zero attached hydrogens (tertiary/aromatic N) is 1. The summed E-state index contributed by atoms with van der Waals surface area (Å²) < 4.78 is 0.680. The number of carbonyl (C=O) groups excluding carboxylic acids is 1. The van der Waals surface area contributed by atoms with Crippen molar-refractivity contribution in [1.29, 1.82) is 0 Å². The van der Waals surface area contributed by atoms with Crippen LogP contribution in [0.4, 0.5) is 0 Å². The lowest BCUT2D eigenvalue weighted by atomic mass is 10.2. The first kappa shape index (κ1) is 11.5. The van der Waals surface area contributed by atoms with E-state index in [1.165, 1.54) is 0 Å². The first-order valence-electron chi connectivity index (χ1n) is 4.11. The van der Waals surface area contributed by atoms with E-state index in [4.69, 9.17) is 11.6 Å². The number of hydrogen-bond acceptors (Lipinski definition) is 2. The van der Waals surface area contributed by atoms with Crippen LogP contribution in [0, 0.1) is 0 Å². The van der Waals surface area contributed by atoms with E-state index in [0.717, 1.165) is 0 Å². The highest BCUT2D eigenvalue weighted by atomic mass is 79.9. The molecular weight excluding hydrogens is 267 g/mol. The van der Waals surface area contributed by atoms with Crippen LogP contribution in [-0.4, -0.2) is 22.8 Å². The summed E-state index contributed by atoms with van der Waals surface area (Å²) in [4.78, 5) is 15.5. The standard InChI is InChI=1S/C9H10BrClN2O/c1-6(4-11)13-9(14)7-2-3-12-5-8(7)10/h2-3,5-6H,4H2,1H3,(H,13,14). The molecule has 0 saturated heterocycles. The van der Waals surface area contributed by atoms with E-state index in [2.05, 4.69) is 26.2 Å². The van der Waals surface area contributed by atoms with Gasteiger partial charge in [-0.1, -0.05) is 0 Å². The Hall–Kier alpha value is -0.610. The molecule has 0 aromatic carbocycles. The number of pyridine rings is 1. The quantitative estimate of drug-likeness (QED) is 0.861. The molecule has 5 heteroatoms. The van der Waals surface area contributed by atoms with E-state index in [1.807, 2.05) is 6.92 Å². The van der Waals surface area contributed by atoms with Crippen molar-refractivity contribution in [2.24, 2.45) is 0 Å². The monoisotopic (exact) mass is 276 g/mol. The van der Waals surface area contributed by atoms with E-state index < -0.39 is 0 Å². The fourth-order valence-electron chi connectivity index (χ4n) is 0.899. The lowest BCUT2D eigenvalue weighted by Gasteiger charge is -2.10. The molecule has 1 unspecified atom stereocenters. The Morgan fingerprint density at radius 3 is 3.07 bits per heavy atom. The molecule has 1 rings (SSSR count). The molecule has 0 saturated carbocycles. The van der Waals surface area contributed by atoms with E-state index in [-0.39, 0.29) is 11.9 Å². The first-order chi connectivity index (χ1) is 6.65. The summed E-state index contributed by atoms with van der Waals surface area (Å²) in [7, 11) is 0. The highest BCUT2D eigenvalue weighted by Gasteiger charge is 2.11. The molecule has 0 fully saturated rings. The molecule has 1 aromatic heterocycles. The summed E-state index contributed by atoms with van der Waals surface area (Å²) in [5, 5.41) is 2.76. The number of halogens is 2. The third-order valence-corrected chi connectivity index (χ3v) is 2.72. The third-order valence-electron chi connectivity index (χ3n) is 1.63. The zero-order chi connectivity index (χ0) is 10.6. The third kappa shape index (κ3) is 2.96. The Bertz CT molecular complexity index is 332. The van der Waals surface area contributed by atoms with Crippen LogP contribution in [0.3, 0.4) is 0 Å². The first-order valence-corrected chi connectivity index (χ1v) is 5.44. The highest BCUT2D eigenvalue weighted by molar-refractivity contribution is 9.10. The van der Waals surface area contributed by atoms with Gasteiger partial charge >= 0.3 is 0 Å². The van der Waals surface area contributed by atoms with Crippen molar-refractivity contribution >= 4 is 33.4 Å². The highest BCUT2D eigenvalue weighted by Crippen LogP contribution is 2.14. The number of nitrogens with one attached hydrogen (secondary N) is 1. The number of hydrogen-bond donors (Lipinski definition) is 1. The van der Waals surface area contributed by atoms with Crippen molar-refractivity contribution in [3.63, 3.8) is 0 Å². The van der Waals surface area contributed by atoms with Gasteiger partial charge in [-0.3, -0.25) is 9.78 Å². The van der Waals surface area contributed by atoms with Gasteiger partial charge in [0.2, 0.25) is 0 Å². The van der Waals surface area contributed by atoms with Gasteiger partial charge in [0.05, 0.1) is 5.56 Å². The van der Waals surface area contributed by atoms with Gasteiger partial charge in [-0.05, 0) is 28.9 Å². The maximum absolute atomic E-state index is 11.6. The molecule has 3 nitrogen and oxygen atoms in total. The second-order valence-electron chi connectivity index (χ2n) is 2.88. The Kier molecular flexibility index (Phi) is 4.35. The lowest BCUT2D eigenvalue weighted by molar-refractivity contribution is 0.0942. The van der Waals surface area contributed by atoms with Gasteiger partial charge in [0.1, 0.15) is 0 Å². The number of aromatic nitrogens is 1. The topological polar surface area (TPSA) is 42.0 Å². The zero-order valence-electron chi connectivity index (χ0n) is 7.63. The summed E-state index contributed by atoms with van der Waals surface area (Å²) in [5.41, 5.74) is 0.567. The molecule has 0 aliphatic rings. The Labute approximate surface area is 96.0 Å². The van der Waals surface area contributed by atoms with E-state index in [9.17, 15) is 4.79 Å². The van der Waals surface area contributed by atoms with Crippen molar-refractivity contribution in [2.45, 2.75) is 13.0 Å². The van der Waals surface area contributed by atoms with Crippen molar-refractivity contribution in [2.75, 3.05) is 5.88 Å². The van der Waals surface area contributed by atoms with E-state index in [0.29, 0.717) is 15.9 Å². The molecule has 0 bridgehead atoms. The predicted molar refractivity (Wildman–Crippen MR) is 59.6 cm³/mol. The molecule has 1 atom stereocenters. The summed E-state index contributed by atoms with van der Waals surface area (Å²) >= 11 is 8.84.